The van der Waals surface area contributed by atoms with Gasteiger partial charge in [-0.3, -0.25) is 9.48 Å². The molecule has 5 heteroatoms. The first kappa shape index (κ1) is 14.1. The number of carbonyl (C=O) groups is 1. The summed E-state index contributed by atoms with van der Waals surface area (Å²) in [6.45, 7) is 2.82. The summed E-state index contributed by atoms with van der Waals surface area (Å²) in [6, 6.07) is 8.47. The van der Waals surface area contributed by atoms with Crippen molar-refractivity contribution in [2.45, 2.75) is 25.8 Å². The first-order valence-electron chi connectivity index (χ1n) is 7.13. The topological polar surface area (TPSA) is 38.1 Å². The number of carbonyl (C=O) groups excluding carboxylic acids is 1. The van der Waals surface area contributed by atoms with E-state index in [9.17, 15) is 4.79 Å². The highest BCUT2D eigenvalue weighted by Gasteiger charge is 2.32. The molecular formula is C16H18ClN3O. The van der Waals surface area contributed by atoms with E-state index in [-0.39, 0.29) is 11.9 Å². The molecule has 0 N–H and O–H groups in total. The fourth-order valence-electron chi connectivity index (χ4n) is 2.97. The average Bonchev–Trinajstić information content (AvgIpc) is 3.04. The van der Waals surface area contributed by atoms with Gasteiger partial charge in [0.25, 0.3) is 5.91 Å². The number of hydrogen-bond donors (Lipinski definition) is 0. The molecule has 0 aliphatic carbocycles. The monoisotopic (exact) mass is 303 g/mol. The van der Waals surface area contributed by atoms with Crippen molar-refractivity contribution in [2.24, 2.45) is 7.05 Å². The molecule has 3 rings (SSSR count). The van der Waals surface area contributed by atoms with Crippen molar-refractivity contribution in [3.8, 4) is 0 Å². The van der Waals surface area contributed by atoms with Gasteiger partial charge in [0, 0.05) is 19.8 Å². The Morgan fingerprint density at radius 2 is 2.24 bits per heavy atom. The zero-order chi connectivity index (χ0) is 15.0. The third-order valence-electron chi connectivity index (χ3n) is 3.93. The molecule has 2 heterocycles. The number of nitrogens with zero attached hydrogens (tertiary/aromatic N) is 3. The minimum atomic E-state index is -0.0791. The van der Waals surface area contributed by atoms with Crippen LogP contribution < -0.4 is 0 Å². The van der Waals surface area contributed by atoms with E-state index < -0.39 is 0 Å². The molecule has 1 fully saturated rings. The maximum absolute atomic E-state index is 12.7. The van der Waals surface area contributed by atoms with Crippen molar-refractivity contribution in [1.29, 1.82) is 0 Å². The second-order valence-electron chi connectivity index (χ2n) is 5.57. The van der Waals surface area contributed by atoms with Crippen LogP contribution >= 0.6 is 11.6 Å². The van der Waals surface area contributed by atoms with Gasteiger partial charge in [-0.15, -0.1) is 0 Å². The van der Waals surface area contributed by atoms with Crippen LogP contribution in [0.3, 0.4) is 0 Å². The number of rotatable bonds is 2. The van der Waals surface area contributed by atoms with Crippen LogP contribution in [0.2, 0.25) is 5.02 Å². The summed E-state index contributed by atoms with van der Waals surface area (Å²) in [5.74, 6) is -0.0791. The van der Waals surface area contributed by atoms with Crippen molar-refractivity contribution in [3.63, 3.8) is 0 Å². The van der Waals surface area contributed by atoms with Gasteiger partial charge >= 0.3 is 0 Å². The maximum Gasteiger partial charge on any atom is 0.276 e. The van der Waals surface area contributed by atoms with E-state index in [4.69, 9.17) is 11.6 Å². The molecule has 4 nitrogen and oxygen atoms in total. The van der Waals surface area contributed by atoms with Gasteiger partial charge in [-0.2, -0.15) is 5.10 Å². The molecule has 0 radical (unpaired) electrons. The molecule has 21 heavy (non-hydrogen) atoms. The Morgan fingerprint density at radius 1 is 1.43 bits per heavy atom. The average molecular weight is 304 g/mol. The summed E-state index contributed by atoms with van der Waals surface area (Å²) in [6.07, 6.45) is 3.65. The summed E-state index contributed by atoms with van der Waals surface area (Å²) in [5.41, 5.74) is 2.74. The normalized spacial score (nSPS) is 18.2. The third-order valence-corrected chi connectivity index (χ3v) is 4.20. The Balaban J connectivity index is 1.90. The molecule has 1 aromatic heterocycles. The van der Waals surface area contributed by atoms with Gasteiger partial charge in [0.2, 0.25) is 0 Å². The highest BCUT2D eigenvalue weighted by molar-refractivity contribution is 6.33. The van der Waals surface area contributed by atoms with Crippen LogP contribution in [0, 0.1) is 6.92 Å². The number of halogens is 1. The standard InChI is InChI=1S/C16H18ClN3O/c1-11-5-3-6-12(9-11)14-7-4-8-20(14)16(21)15-13(17)10-19(2)18-15/h3,5-6,9-10,14H,4,7-8H2,1-2H3/t14-/m1/s1. The zero-order valence-electron chi connectivity index (χ0n) is 12.2. The number of hydrogen-bond acceptors (Lipinski definition) is 2. The molecule has 1 saturated heterocycles. The number of benzene rings is 1. The highest BCUT2D eigenvalue weighted by Crippen LogP contribution is 2.34. The summed E-state index contributed by atoms with van der Waals surface area (Å²) in [4.78, 5) is 14.6. The van der Waals surface area contributed by atoms with Crippen molar-refractivity contribution in [1.82, 2.24) is 14.7 Å². The second kappa shape index (κ2) is 5.53. The SMILES string of the molecule is Cc1cccc([C@H]2CCCN2C(=O)c2nn(C)cc2Cl)c1. The van der Waals surface area contributed by atoms with Crippen LogP contribution in [0.5, 0.6) is 0 Å². The number of aryl methyl sites for hydroxylation is 2. The van der Waals surface area contributed by atoms with E-state index in [1.165, 1.54) is 11.1 Å². The molecule has 1 aliphatic heterocycles. The summed E-state index contributed by atoms with van der Waals surface area (Å²) in [5, 5.41) is 4.61. The molecule has 0 spiro atoms. The first-order valence-corrected chi connectivity index (χ1v) is 7.51. The lowest BCUT2D eigenvalue weighted by Gasteiger charge is -2.24. The predicted octanol–water partition coefficient (Wildman–Crippen LogP) is 3.36. The van der Waals surface area contributed by atoms with Gasteiger partial charge in [-0.25, -0.2) is 0 Å². The number of aromatic nitrogens is 2. The van der Waals surface area contributed by atoms with Gasteiger partial charge in [0.05, 0.1) is 11.1 Å². The van der Waals surface area contributed by atoms with Gasteiger partial charge < -0.3 is 4.90 Å². The van der Waals surface area contributed by atoms with Gasteiger partial charge in [-0.1, -0.05) is 41.4 Å². The fourth-order valence-corrected chi connectivity index (χ4v) is 3.23. The van der Waals surface area contributed by atoms with E-state index in [2.05, 4.69) is 30.2 Å². The minimum absolute atomic E-state index is 0.0791. The minimum Gasteiger partial charge on any atom is -0.330 e. The summed E-state index contributed by atoms with van der Waals surface area (Å²) < 4.78 is 1.58. The third kappa shape index (κ3) is 2.68. The summed E-state index contributed by atoms with van der Waals surface area (Å²) in [7, 11) is 1.77. The lowest BCUT2D eigenvalue weighted by molar-refractivity contribution is 0.0729. The van der Waals surface area contributed by atoms with E-state index in [0.717, 1.165) is 19.4 Å². The summed E-state index contributed by atoms with van der Waals surface area (Å²) >= 11 is 6.11. The highest BCUT2D eigenvalue weighted by atomic mass is 35.5. The van der Waals surface area contributed by atoms with Crippen LogP contribution in [0.25, 0.3) is 0 Å². The van der Waals surface area contributed by atoms with E-state index in [1.807, 2.05) is 11.0 Å². The Bertz CT molecular complexity index is 680. The molecule has 2 aromatic rings. The molecular weight excluding hydrogens is 286 g/mol. The van der Waals surface area contributed by atoms with Crippen molar-refractivity contribution >= 4 is 17.5 Å². The Kier molecular flexibility index (Phi) is 3.72. The largest absolute Gasteiger partial charge is 0.330 e. The fraction of sp³-hybridized carbons (Fsp3) is 0.375. The molecule has 1 aliphatic rings. The van der Waals surface area contributed by atoms with Crippen LogP contribution in [0.15, 0.2) is 30.5 Å². The van der Waals surface area contributed by atoms with Gasteiger partial charge in [0.15, 0.2) is 5.69 Å². The second-order valence-corrected chi connectivity index (χ2v) is 5.98. The molecule has 0 bridgehead atoms. The van der Waals surface area contributed by atoms with Crippen LogP contribution in [-0.2, 0) is 7.05 Å². The van der Waals surface area contributed by atoms with Gasteiger partial charge in [-0.05, 0) is 25.3 Å². The predicted molar refractivity (Wildman–Crippen MR) is 82.4 cm³/mol. The van der Waals surface area contributed by atoms with Crippen LogP contribution in [-0.4, -0.2) is 27.1 Å². The number of likely N-dealkylation sites (tertiary alicyclic amines) is 1. The van der Waals surface area contributed by atoms with E-state index >= 15 is 0 Å². The molecule has 1 atom stereocenters. The van der Waals surface area contributed by atoms with Crippen LogP contribution in [0.1, 0.15) is 40.5 Å². The molecule has 1 aromatic carbocycles. The lowest BCUT2D eigenvalue weighted by Crippen LogP contribution is -2.31. The van der Waals surface area contributed by atoms with Crippen molar-refractivity contribution < 1.29 is 4.79 Å². The quantitative estimate of drug-likeness (QED) is 0.853. The molecule has 110 valence electrons. The number of amides is 1. The van der Waals surface area contributed by atoms with E-state index in [1.54, 1.807) is 17.9 Å². The van der Waals surface area contributed by atoms with Crippen molar-refractivity contribution in [2.75, 3.05) is 6.54 Å². The Hall–Kier alpha value is -1.81. The lowest BCUT2D eigenvalue weighted by atomic mass is 10.0. The zero-order valence-corrected chi connectivity index (χ0v) is 13.0. The maximum atomic E-state index is 12.7. The Morgan fingerprint density at radius 3 is 2.90 bits per heavy atom. The van der Waals surface area contributed by atoms with Crippen LogP contribution in [0.4, 0.5) is 0 Å². The smallest absolute Gasteiger partial charge is 0.276 e. The molecule has 1 amide bonds. The molecule has 0 saturated carbocycles. The first-order chi connectivity index (χ1) is 10.1. The van der Waals surface area contributed by atoms with E-state index in [0.29, 0.717) is 10.7 Å². The van der Waals surface area contributed by atoms with Gasteiger partial charge in [0.1, 0.15) is 0 Å². The van der Waals surface area contributed by atoms with Crippen molar-refractivity contribution in [3.05, 3.63) is 52.3 Å². The molecule has 0 unspecified atom stereocenters. The Labute approximate surface area is 129 Å².